The van der Waals surface area contributed by atoms with E-state index >= 15 is 0 Å². The predicted molar refractivity (Wildman–Crippen MR) is 121 cm³/mol. The van der Waals surface area contributed by atoms with Gasteiger partial charge >= 0.3 is 0 Å². The summed E-state index contributed by atoms with van der Waals surface area (Å²) >= 11 is 0. The molecule has 0 saturated heterocycles. The maximum atomic E-state index is 12.3. The molecule has 3 aromatic carbocycles. The second kappa shape index (κ2) is 9.71. The molecule has 0 aliphatic carbocycles. The first-order valence-corrected chi connectivity index (χ1v) is 10.3. The summed E-state index contributed by atoms with van der Waals surface area (Å²) in [6.45, 7) is 0.487. The van der Waals surface area contributed by atoms with E-state index < -0.39 is 0 Å². The van der Waals surface area contributed by atoms with Gasteiger partial charge in [-0.1, -0.05) is 54.6 Å². The first-order valence-electron chi connectivity index (χ1n) is 10.3. The Hall–Kier alpha value is -3.93. The summed E-state index contributed by atoms with van der Waals surface area (Å²) in [6, 6.07) is 23.8. The summed E-state index contributed by atoms with van der Waals surface area (Å²) in [5, 5.41) is 11.9. The third-order valence-corrected chi connectivity index (χ3v) is 5.12. The number of fused-ring (bicyclic) bond motifs is 1. The zero-order chi connectivity index (χ0) is 21.5. The molecule has 156 valence electrons. The van der Waals surface area contributed by atoms with Crippen LogP contribution in [0.2, 0.25) is 0 Å². The Balaban J connectivity index is 1.20. The fourth-order valence-electron chi connectivity index (χ4n) is 3.51. The van der Waals surface area contributed by atoms with E-state index in [9.17, 15) is 9.59 Å². The summed E-state index contributed by atoms with van der Waals surface area (Å²) in [4.78, 5) is 24.4. The lowest BCUT2D eigenvalue weighted by Crippen LogP contribution is -2.38. The monoisotopic (exact) mass is 412 g/mol. The number of aromatic nitrogens is 2. The van der Waals surface area contributed by atoms with Gasteiger partial charge in [-0.3, -0.25) is 9.59 Å². The molecule has 1 aromatic heterocycles. The maximum Gasteiger partial charge on any atom is 0.239 e. The van der Waals surface area contributed by atoms with Crippen LogP contribution >= 0.6 is 0 Å². The van der Waals surface area contributed by atoms with E-state index in [1.54, 1.807) is 10.9 Å². The lowest BCUT2D eigenvalue weighted by molar-refractivity contribution is -0.125. The van der Waals surface area contributed by atoms with Gasteiger partial charge in [-0.15, -0.1) is 0 Å². The van der Waals surface area contributed by atoms with E-state index in [4.69, 9.17) is 0 Å². The van der Waals surface area contributed by atoms with Crippen LogP contribution in [-0.2, 0) is 22.4 Å². The molecule has 1 heterocycles. The summed E-state index contributed by atoms with van der Waals surface area (Å²) in [5.41, 5.74) is 3.07. The molecule has 0 aliphatic rings. The molecule has 6 heteroatoms. The molecule has 0 bridgehead atoms. The molecular formula is C25H24N4O2. The average molecular weight is 412 g/mol. The molecule has 0 aliphatic heterocycles. The highest BCUT2D eigenvalue weighted by Crippen LogP contribution is 2.18. The van der Waals surface area contributed by atoms with Gasteiger partial charge in [0.05, 0.1) is 18.7 Å². The van der Waals surface area contributed by atoms with Gasteiger partial charge < -0.3 is 10.6 Å². The van der Waals surface area contributed by atoms with Crippen LogP contribution in [-0.4, -0.2) is 34.7 Å². The second-order valence-corrected chi connectivity index (χ2v) is 7.31. The molecule has 2 N–H and O–H groups in total. The van der Waals surface area contributed by atoms with Crippen molar-refractivity contribution in [1.82, 2.24) is 20.4 Å². The lowest BCUT2D eigenvalue weighted by atomic mass is 10.0. The van der Waals surface area contributed by atoms with Crippen molar-refractivity contribution in [3.63, 3.8) is 0 Å². The van der Waals surface area contributed by atoms with Crippen molar-refractivity contribution in [3.05, 3.63) is 96.3 Å². The Morgan fingerprint density at radius 1 is 0.839 bits per heavy atom. The predicted octanol–water partition coefficient (Wildman–Crippen LogP) is 3.04. The van der Waals surface area contributed by atoms with Gasteiger partial charge in [-0.2, -0.15) is 5.10 Å². The fraction of sp³-hybridized carbons (Fsp3) is 0.160. The van der Waals surface area contributed by atoms with Gasteiger partial charge in [0.1, 0.15) is 0 Å². The minimum Gasteiger partial charge on any atom is -0.354 e. The smallest absolute Gasteiger partial charge is 0.239 e. The molecule has 4 rings (SSSR count). The molecular weight excluding hydrogens is 388 g/mol. The van der Waals surface area contributed by atoms with Gasteiger partial charge in [0.15, 0.2) is 0 Å². The number of amides is 2. The van der Waals surface area contributed by atoms with Crippen molar-refractivity contribution < 1.29 is 9.59 Å². The first kappa shape index (κ1) is 20.3. The number of hydrogen-bond donors (Lipinski definition) is 2. The minimum absolute atomic E-state index is 0.0260. The topological polar surface area (TPSA) is 76.0 Å². The van der Waals surface area contributed by atoms with Gasteiger partial charge in [-0.05, 0) is 46.5 Å². The molecule has 0 fully saturated rings. The highest BCUT2D eigenvalue weighted by atomic mass is 16.2. The van der Waals surface area contributed by atoms with Crippen LogP contribution in [0.1, 0.15) is 11.1 Å². The van der Waals surface area contributed by atoms with Crippen LogP contribution in [0.5, 0.6) is 0 Å². The average Bonchev–Trinajstić information content (AvgIpc) is 3.33. The van der Waals surface area contributed by atoms with E-state index in [-0.39, 0.29) is 24.8 Å². The largest absolute Gasteiger partial charge is 0.354 e. The Labute approximate surface area is 180 Å². The third kappa shape index (κ3) is 5.36. The van der Waals surface area contributed by atoms with E-state index in [2.05, 4.69) is 15.7 Å². The van der Waals surface area contributed by atoms with Gasteiger partial charge in [0, 0.05) is 18.9 Å². The summed E-state index contributed by atoms with van der Waals surface area (Å²) in [5.74, 6) is -0.361. The van der Waals surface area contributed by atoms with Crippen molar-refractivity contribution in [2.45, 2.75) is 12.8 Å². The van der Waals surface area contributed by atoms with Crippen LogP contribution in [0.15, 0.2) is 85.2 Å². The number of rotatable bonds is 8. The molecule has 2 amide bonds. The molecule has 4 aromatic rings. The number of nitrogens with one attached hydrogen (secondary N) is 2. The number of nitrogens with zero attached hydrogens (tertiary/aromatic N) is 2. The molecule has 0 atom stereocenters. The van der Waals surface area contributed by atoms with Crippen LogP contribution in [0.25, 0.3) is 16.5 Å². The van der Waals surface area contributed by atoms with Gasteiger partial charge in [0.25, 0.3) is 0 Å². The van der Waals surface area contributed by atoms with Crippen molar-refractivity contribution in [3.8, 4) is 5.69 Å². The molecule has 0 radical (unpaired) electrons. The van der Waals surface area contributed by atoms with E-state index in [1.165, 1.54) is 0 Å². The Kier molecular flexibility index (Phi) is 6.38. The van der Waals surface area contributed by atoms with Crippen LogP contribution in [0, 0.1) is 0 Å². The van der Waals surface area contributed by atoms with Crippen molar-refractivity contribution in [1.29, 1.82) is 0 Å². The standard InChI is InChI=1S/C25H24N4O2/c30-24(17-21-7-3-6-20-5-1-2-8-23(20)21)27-18-25(31)26-15-13-19-9-11-22(12-10-19)29-16-4-14-28-29/h1-12,14,16H,13,15,17-18H2,(H,26,31)(H,27,30). The van der Waals surface area contributed by atoms with Crippen molar-refractivity contribution in [2.24, 2.45) is 0 Å². The maximum absolute atomic E-state index is 12.3. The van der Waals surface area contributed by atoms with Crippen LogP contribution < -0.4 is 10.6 Å². The lowest BCUT2D eigenvalue weighted by Gasteiger charge is -2.09. The van der Waals surface area contributed by atoms with Gasteiger partial charge in [-0.25, -0.2) is 4.68 Å². The summed E-state index contributed by atoms with van der Waals surface area (Å²) in [6.07, 6.45) is 4.60. The fourth-order valence-corrected chi connectivity index (χ4v) is 3.51. The summed E-state index contributed by atoms with van der Waals surface area (Å²) in [7, 11) is 0. The van der Waals surface area contributed by atoms with E-state index in [0.717, 1.165) is 34.0 Å². The molecule has 6 nitrogen and oxygen atoms in total. The van der Waals surface area contributed by atoms with Crippen molar-refractivity contribution >= 4 is 22.6 Å². The highest BCUT2D eigenvalue weighted by molar-refractivity contribution is 5.91. The summed E-state index contributed by atoms with van der Waals surface area (Å²) < 4.78 is 1.80. The van der Waals surface area contributed by atoms with Gasteiger partial charge in [0.2, 0.25) is 11.8 Å². The van der Waals surface area contributed by atoms with E-state index in [1.807, 2.05) is 79.0 Å². The van der Waals surface area contributed by atoms with Crippen LogP contribution in [0.4, 0.5) is 0 Å². The third-order valence-electron chi connectivity index (χ3n) is 5.12. The van der Waals surface area contributed by atoms with Crippen molar-refractivity contribution in [2.75, 3.05) is 13.1 Å². The normalized spacial score (nSPS) is 10.7. The number of benzene rings is 3. The molecule has 0 spiro atoms. The number of carbonyl (C=O) groups is 2. The second-order valence-electron chi connectivity index (χ2n) is 7.31. The Morgan fingerprint density at radius 2 is 1.65 bits per heavy atom. The quantitative estimate of drug-likeness (QED) is 0.467. The molecule has 0 unspecified atom stereocenters. The zero-order valence-corrected chi connectivity index (χ0v) is 17.1. The minimum atomic E-state index is -0.195. The first-order chi connectivity index (χ1) is 15.2. The molecule has 0 saturated carbocycles. The zero-order valence-electron chi connectivity index (χ0n) is 17.1. The highest BCUT2D eigenvalue weighted by Gasteiger charge is 2.09. The Bertz CT molecular complexity index is 1160. The van der Waals surface area contributed by atoms with E-state index in [0.29, 0.717) is 6.54 Å². The van der Waals surface area contributed by atoms with Crippen LogP contribution in [0.3, 0.4) is 0 Å². The number of hydrogen-bond acceptors (Lipinski definition) is 3. The molecule has 31 heavy (non-hydrogen) atoms. The SMILES string of the molecule is O=C(CNC(=O)Cc1cccc2ccccc12)NCCc1ccc(-n2cccn2)cc1. The Morgan fingerprint density at radius 3 is 2.45 bits per heavy atom. The number of carbonyl (C=O) groups excluding carboxylic acids is 2.